The number of benzene rings is 1. The Balaban J connectivity index is 2.90. The third-order valence-corrected chi connectivity index (χ3v) is 2.48. The summed E-state index contributed by atoms with van der Waals surface area (Å²) >= 11 is 1.42. The molecule has 0 N–H and O–H groups in total. The minimum absolute atomic E-state index is 0.161. The van der Waals surface area contributed by atoms with E-state index in [9.17, 15) is 10.1 Å². The van der Waals surface area contributed by atoms with Gasteiger partial charge in [-0.05, 0) is 6.07 Å². The number of thioether (sulfide) groups is 1. The van der Waals surface area contributed by atoms with Crippen molar-refractivity contribution < 1.29 is 4.92 Å². The highest BCUT2D eigenvalue weighted by atomic mass is 32.2. The molecule has 68 valence electrons. The summed E-state index contributed by atoms with van der Waals surface area (Å²) < 4.78 is 0. The van der Waals surface area contributed by atoms with Crippen LogP contribution in [0.25, 0.3) is 0 Å². The molecule has 0 aliphatic rings. The van der Waals surface area contributed by atoms with Gasteiger partial charge in [0, 0.05) is 11.8 Å². The van der Waals surface area contributed by atoms with Gasteiger partial charge in [-0.2, -0.15) is 0 Å². The van der Waals surface area contributed by atoms with Crippen LogP contribution in [0.1, 0.15) is 0 Å². The smallest absolute Gasteiger partial charge is 0.258 e. The van der Waals surface area contributed by atoms with Crippen molar-refractivity contribution in [3.05, 3.63) is 47.0 Å². The molecule has 3 nitrogen and oxygen atoms in total. The second kappa shape index (κ2) is 4.67. The largest absolute Gasteiger partial charge is 0.282 e. The Bertz CT molecular complexity index is 325. The first-order valence-corrected chi connectivity index (χ1v) is 4.71. The van der Waals surface area contributed by atoms with Crippen LogP contribution in [0.2, 0.25) is 0 Å². The quantitative estimate of drug-likeness (QED) is 0.321. The first-order valence-electron chi connectivity index (χ1n) is 3.73. The lowest BCUT2D eigenvalue weighted by Gasteiger charge is -1.98. The number of hydrogen-bond donors (Lipinski definition) is 0. The molecule has 0 heterocycles. The Kier molecular flexibility index (Phi) is 3.52. The summed E-state index contributed by atoms with van der Waals surface area (Å²) in [4.78, 5) is 10.9. The van der Waals surface area contributed by atoms with Crippen molar-refractivity contribution >= 4 is 17.4 Å². The molecule has 1 aromatic rings. The number of nitro benzene ring substituents is 1. The van der Waals surface area contributed by atoms with Gasteiger partial charge in [-0.15, -0.1) is 18.3 Å². The summed E-state index contributed by atoms with van der Waals surface area (Å²) in [6.07, 6.45) is 1.72. The Morgan fingerprint density at radius 3 is 2.85 bits per heavy atom. The van der Waals surface area contributed by atoms with Gasteiger partial charge in [0.1, 0.15) is 0 Å². The molecule has 0 atom stereocenters. The summed E-state index contributed by atoms with van der Waals surface area (Å²) in [6.45, 7) is 3.56. The molecule has 0 saturated carbocycles. The third kappa shape index (κ3) is 2.59. The molecule has 0 aromatic heterocycles. The molecule has 0 amide bonds. The molecular weight excluding hydrogens is 186 g/mol. The maximum Gasteiger partial charge on any atom is 0.282 e. The fraction of sp³-hybridized carbons (Fsp3) is 0.111. The van der Waals surface area contributed by atoms with Crippen LogP contribution in [0.4, 0.5) is 5.69 Å². The van der Waals surface area contributed by atoms with E-state index in [0.29, 0.717) is 10.6 Å². The maximum atomic E-state index is 10.6. The highest BCUT2D eigenvalue weighted by Gasteiger charge is 2.11. The molecule has 1 aromatic carbocycles. The average Bonchev–Trinajstić information content (AvgIpc) is 2.15. The minimum atomic E-state index is -0.370. The van der Waals surface area contributed by atoms with E-state index in [2.05, 4.69) is 6.58 Å². The van der Waals surface area contributed by atoms with Crippen molar-refractivity contribution in [3.63, 3.8) is 0 Å². The van der Waals surface area contributed by atoms with Crippen molar-refractivity contribution in [2.75, 3.05) is 5.75 Å². The van der Waals surface area contributed by atoms with Gasteiger partial charge in [0.15, 0.2) is 0 Å². The van der Waals surface area contributed by atoms with E-state index in [0.717, 1.165) is 0 Å². The molecule has 4 heteroatoms. The van der Waals surface area contributed by atoms with Crippen LogP contribution in [-0.2, 0) is 0 Å². The third-order valence-electron chi connectivity index (χ3n) is 1.42. The highest BCUT2D eigenvalue weighted by molar-refractivity contribution is 7.99. The Morgan fingerprint density at radius 1 is 1.54 bits per heavy atom. The highest BCUT2D eigenvalue weighted by Crippen LogP contribution is 2.28. The van der Waals surface area contributed by atoms with Gasteiger partial charge in [0.2, 0.25) is 0 Å². The first kappa shape index (κ1) is 9.80. The van der Waals surface area contributed by atoms with Crippen LogP contribution in [0, 0.1) is 10.1 Å². The van der Waals surface area contributed by atoms with Crippen LogP contribution in [-0.4, -0.2) is 10.7 Å². The minimum Gasteiger partial charge on any atom is -0.258 e. The predicted molar refractivity (Wildman–Crippen MR) is 54.0 cm³/mol. The first-order chi connectivity index (χ1) is 6.25. The number of hydrogen-bond acceptors (Lipinski definition) is 3. The van der Waals surface area contributed by atoms with E-state index in [4.69, 9.17) is 0 Å². The van der Waals surface area contributed by atoms with Gasteiger partial charge in [-0.3, -0.25) is 10.1 Å². The lowest BCUT2D eigenvalue weighted by Crippen LogP contribution is -1.90. The molecule has 1 rings (SSSR count). The van der Waals surface area contributed by atoms with Gasteiger partial charge < -0.3 is 0 Å². The van der Waals surface area contributed by atoms with Crippen molar-refractivity contribution in [2.24, 2.45) is 0 Å². The fourth-order valence-corrected chi connectivity index (χ4v) is 1.64. The molecule has 0 bridgehead atoms. The molecule has 0 saturated heterocycles. The number of rotatable bonds is 4. The summed E-state index contributed by atoms with van der Waals surface area (Å²) in [7, 11) is 0. The van der Waals surface area contributed by atoms with E-state index in [1.54, 1.807) is 24.3 Å². The molecular formula is C9H9NO2S. The maximum absolute atomic E-state index is 10.6. The molecule has 13 heavy (non-hydrogen) atoms. The van der Waals surface area contributed by atoms with E-state index in [1.165, 1.54) is 17.8 Å². The summed E-state index contributed by atoms with van der Waals surface area (Å²) in [5.74, 6) is 0.685. The van der Waals surface area contributed by atoms with E-state index in [-0.39, 0.29) is 10.6 Å². The summed E-state index contributed by atoms with van der Waals surface area (Å²) in [5, 5.41) is 10.6. The zero-order valence-corrected chi connectivity index (χ0v) is 7.79. The number of nitro groups is 1. The van der Waals surface area contributed by atoms with E-state index in [1.807, 2.05) is 0 Å². The lowest BCUT2D eigenvalue weighted by atomic mass is 10.3. The molecule has 0 unspecified atom stereocenters. The fourth-order valence-electron chi connectivity index (χ4n) is 0.879. The SMILES string of the molecule is C=CCSc1ccccc1[N+](=O)[O-]. The zero-order chi connectivity index (χ0) is 9.68. The summed E-state index contributed by atoms with van der Waals surface area (Å²) in [5.41, 5.74) is 0.161. The van der Waals surface area contributed by atoms with Crippen molar-refractivity contribution in [3.8, 4) is 0 Å². The second-order valence-electron chi connectivity index (χ2n) is 2.32. The van der Waals surface area contributed by atoms with Crippen LogP contribution < -0.4 is 0 Å². The normalized spacial score (nSPS) is 9.54. The van der Waals surface area contributed by atoms with Gasteiger partial charge in [-0.25, -0.2) is 0 Å². The van der Waals surface area contributed by atoms with Gasteiger partial charge in [0.05, 0.1) is 9.82 Å². The van der Waals surface area contributed by atoms with Crippen LogP contribution in [0.15, 0.2) is 41.8 Å². The van der Waals surface area contributed by atoms with Crippen LogP contribution in [0.3, 0.4) is 0 Å². The number of nitrogens with zero attached hydrogens (tertiary/aromatic N) is 1. The van der Waals surface area contributed by atoms with E-state index >= 15 is 0 Å². The second-order valence-corrected chi connectivity index (χ2v) is 3.39. The van der Waals surface area contributed by atoms with Crippen molar-refractivity contribution in [1.29, 1.82) is 0 Å². The van der Waals surface area contributed by atoms with Crippen LogP contribution in [0.5, 0.6) is 0 Å². The van der Waals surface area contributed by atoms with Gasteiger partial charge in [-0.1, -0.05) is 18.2 Å². The van der Waals surface area contributed by atoms with Crippen molar-refractivity contribution in [1.82, 2.24) is 0 Å². The number of para-hydroxylation sites is 1. The molecule has 0 radical (unpaired) electrons. The average molecular weight is 195 g/mol. The molecule has 0 aliphatic heterocycles. The van der Waals surface area contributed by atoms with Crippen LogP contribution >= 0.6 is 11.8 Å². The molecule has 0 aliphatic carbocycles. The molecule has 0 fully saturated rings. The monoisotopic (exact) mass is 195 g/mol. The van der Waals surface area contributed by atoms with Gasteiger partial charge >= 0.3 is 0 Å². The Labute approximate surface area is 80.6 Å². The Morgan fingerprint density at radius 2 is 2.23 bits per heavy atom. The molecule has 0 spiro atoms. The van der Waals surface area contributed by atoms with Gasteiger partial charge in [0.25, 0.3) is 5.69 Å². The zero-order valence-electron chi connectivity index (χ0n) is 6.97. The standard InChI is InChI=1S/C9H9NO2S/c1-2-7-13-9-6-4-3-5-8(9)10(11)12/h2-6H,1,7H2. The summed E-state index contributed by atoms with van der Waals surface area (Å²) in [6, 6.07) is 6.70. The Hall–Kier alpha value is -1.29. The lowest BCUT2D eigenvalue weighted by molar-refractivity contribution is -0.387. The van der Waals surface area contributed by atoms with E-state index < -0.39 is 0 Å². The van der Waals surface area contributed by atoms with Crippen molar-refractivity contribution in [2.45, 2.75) is 4.90 Å². The topological polar surface area (TPSA) is 43.1 Å². The predicted octanol–water partition coefficient (Wildman–Crippen LogP) is 2.87.